The summed E-state index contributed by atoms with van der Waals surface area (Å²) in [4.78, 5) is 37.8. The third-order valence-corrected chi connectivity index (χ3v) is 8.75. The number of ether oxygens (including phenoxy) is 1. The maximum atomic E-state index is 14.8. The molecule has 3 heterocycles. The zero-order valence-corrected chi connectivity index (χ0v) is 27.0. The Balaban J connectivity index is 1.39. The number of aromatic amines is 1. The van der Waals surface area contributed by atoms with Gasteiger partial charge in [0.2, 0.25) is 0 Å². The molecule has 238 valence electrons. The molecule has 2 atom stereocenters. The maximum absolute atomic E-state index is 14.8. The number of nitrogens with zero attached hydrogens (tertiary/aromatic N) is 4. The molecule has 2 fully saturated rings. The zero-order valence-electron chi connectivity index (χ0n) is 26.2. The third-order valence-electron chi connectivity index (χ3n) is 8.42. The van der Waals surface area contributed by atoms with E-state index in [2.05, 4.69) is 51.6 Å². The summed E-state index contributed by atoms with van der Waals surface area (Å²) >= 11 is 6.55. The summed E-state index contributed by atoms with van der Waals surface area (Å²) in [6, 6.07) is 17.8. The van der Waals surface area contributed by atoms with Crippen molar-refractivity contribution in [1.82, 2.24) is 35.7 Å². The van der Waals surface area contributed by atoms with Gasteiger partial charge in [-0.15, -0.1) is 0 Å². The van der Waals surface area contributed by atoms with Gasteiger partial charge in [0.1, 0.15) is 18.5 Å². The van der Waals surface area contributed by atoms with Crippen molar-refractivity contribution in [2.24, 2.45) is 5.41 Å². The highest BCUT2D eigenvalue weighted by Crippen LogP contribution is 2.43. The van der Waals surface area contributed by atoms with Gasteiger partial charge in [0.15, 0.2) is 11.8 Å². The number of nitrogens with one attached hydrogen (secondary N) is 4. The Morgan fingerprint density at radius 2 is 1.89 bits per heavy atom. The number of pyridine rings is 1. The molecule has 12 heteroatoms. The zero-order chi connectivity index (χ0) is 32.7. The first kappa shape index (κ1) is 31.2. The number of amides is 2. The van der Waals surface area contributed by atoms with Crippen LogP contribution in [-0.2, 0) is 15.1 Å². The number of hydrogen-bond acceptors (Lipinski definition) is 7. The molecular formula is C34H37ClN8O3. The molecule has 1 aliphatic carbocycles. The average molecular weight is 641 g/mol. The fraction of sp³-hybridized carbons (Fsp3) is 0.353. The van der Waals surface area contributed by atoms with Crippen LogP contribution in [0.1, 0.15) is 64.1 Å². The molecule has 0 radical (unpaired) electrons. The van der Waals surface area contributed by atoms with E-state index in [4.69, 9.17) is 21.7 Å². The predicted molar refractivity (Wildman–Crippen MR) is 175 cm³/mol. The first-order valence-electron chi connectivity index (χ1n) is 15.2. The van der Waals surface area contributed by atoms with Crippen molar-refractivity contribution < 1.29 is 14.3 Å². The SMILES string of the molecule is CC(C)(C)C[C@]1(c2ccc(-c3ccccn3)cc2)NC(=N)N([C@H](COC(=O)NC2(C)CC2)c2ccc(Cl)c(-c3ncn[nH]3)c2)C1=O. The highest BCUT2D eigenvalue weighted by molar-refractivity contribution is 6.33. The largest absolute Gasteiger partial charge is 0.447 e. The average Bonchev–Trinajstić information content (AvgIpc) is 3.39. The summed E-state index contributed by atoms with van der Waals surface area (Å²) in [6.07, 6.45) is 4.69. The van der Waals surface area contributed by atoms with E-state index in [0.29, 0.717) is 28.4 Å². The van der Waals surface area contributed by atoms with Gasteiger partial charge in [0, 0.05) is 22.9 Å². The van der Waals surface area contributed by atoms with E-state index in [9.17, 15) is 9.59 Å². The highest BCUT2D eigenvalue weighted by Gasteiger charge is 2.54. The van der Waals surface area contributed by atoms with Crippen LogP contribution in [0.4, 0.5) is 4.79 Å². The normalized spacial score (nSPS) is 19.5. The van der Waals surface area contributed by atoms with Crippen molar-refractivity contribution in [3.63, 3.8) is 0 Å². The lowest BCUT2D eigenvalue weighted by Gasteiger charge is -2.35. The van der Waals surface area contributed by atoms with Crippen molar-refractivity contribution in [3.05, 3.63) is 89.3 Å². The number of guanidine groups is 1. The van der Waals surface area contributed by atoms with Gasteiger partial charge in [-0.25, -0.2) is 9.78 Å². The topological polar surface area (TPSA) is 149 Å². The van der Waals surface area contributed by atoms with Crippen LogP contribution in [0.2, 0.25) is 5.02 Å². The fourth-order valence-corrected chi connectivity index (χ4v) is 6.14. The van der Waals surface area contributed by atoms with Crippen LogP contribution in [0.25, 0.3) is 22.6 Å². The van der Waals surface area contributed by atoms with E-state index in [0.717, 1.165) is 29.7 Å². The summed E-state index contributed by atoms with van der Waals surface area (Å²) < 4.78 is 5.74. The maximum Gasteiger partial charge on any atom is 0.407 e. The molecule has 0 spiro atoms. The van der Waals surface area contributed by atoms with Crippen molar-refractivity contribution in [1.29, 1.82) is 5.41 Å². The van der Waals surface area contributed by atoms with Crippen LogP contribution in [0.15, 0.2) is 73.2 Å². The van der Waals surface area contributed by atoms with E-state index >= 15 is 0 Å². The van der Waals surface area contributed by atoms with Crippen LogP contribution >= 0.6 is 11.6 Å². The summed E-state index contributed by atoms with van der Waals surface area (Å²) in [5.74, 6) is 0.0293. The molecule has 11 nitrogen and oxygen atoms in total. The van der Waals surface area contributed by atoms with Crippen LogP contribution in [-0.4, -0.2) is 55.2 Å². The smallest absolute Gasteiger partial charge is 0.407 e. The molecule has 1 aliphatic heterocycles. The van der Waals surface area contributed by atoms with Gasteiger partial charge >= 0.3 is 6.09 Å². The number of rotatable bonds is 9. The van der Waals surface area contributed by atoms with Crippen LogP contribution in [0, 0.1) is 10.8 Å². The second kappa shape index (κ2) is 11.9. The van der Waals surface area contributed by atoms with Gasteiger partial charge in [-0.2, -0.15) is 5.10 Å². The van der Waals surface area contributed by atoms with Crippen LogP contribution < -0.4 is 10.6 Å². The van der Waals surface area contributed by atoms with Crippen molar-refractivity contribution in [2.45, 2.75) is 64.1 Å². The predicted octanol–water partition coefficient (Wildman–Crippen LogP) is 6.21. The van der Waals surface area contributed by atoms with Gasteiger partial charge in [-0.1, -0.05) is 68.8 Å². The highest BCUT2D eigenvalue weighted by atomic mass is 35.5. The Kier molecular flexibility index (Phi) is 8.05. The summed E-state index contributed by atoms with van der Waals surface area (Å²) in [6.45, 7) is 7.94. The van der Waals surface area contributed by atoms with Gasteiger partial charge in [-0.3, -0.25) is 25.2 Å². The van der Waals surface area contributed by atoms with Crippen molar-refractivity contribution in [2.75, 3.05) is 6.61 Å². The van der Waals surface area contributed by atoms with Crippen LogP contribution in [0.3, 0.4) is 0 Å². The molecule has 2 aromatic carbocycles. The number of hydrogen-bond donors (Lipinski definition) is 4. The second-order valence-corrected chi connectivity index (χ2v) is 13.9. The molecule has 4 N–H and O–H groups in total. The molecule has 46 heavy (non-hydrogen) atoms. The number of benzene rings is 2. The Bertz CT molecular complexity index is 1750. The Morgan fingerprint density at radius 3 is 2.52 bits per heavy atom. The Morgan fingerprint density at radius 1 is 1.13 bits per heavy atom. The minimum Gasteiger partial charge on any atom is -0.447 e. The molecule has 2 amide bonds. The lowest BCUT2D eigenvalue weighted by Crippen LogP contribution is -2.47. The molecule has 4 aromatic rings. The number of aromatic nitrogens is 4. The molecule has 0 bridgehead atoms. The van der Waals surface area contributed by atoms with Crippen molar-refractivity contribution in [3.8, 4) is 22.6 Å². The molecule has 0 unspecified atom stereocenters. The lowest BCUT2D eigenvalue weighted by atomic mass is 9.75. The van der Waals surface area contributed by atoms with E-state index in [1.54, 1.807) is 24.4 Å². The number of carbonyl (C=O) groups excluding carboxylic acids is 2. The summed E-state index contributed by atoms with van der Waals surface area (Å²) in [7, 11) is 0. The Hall–Kier alpha value is -4.77. The molecular weight excluding hydrogens is 604 g/mol. The molecule has 2 aromatic heterocycles. The van der Waals surface area contributed by atoms with E-state index in [1.165, 1.54) is 11.2 Å². The molecule has 1 saturated carbocycles. The first-order chi connectivity index (χ1) is 21.9. The fourth-order valence-electron chi connectivity index (χ4n) is 5.93. The first-order valence-corrected chi connectivity index (χ1v) is 15.6. The van der Waals surface area contributed by atoms with Crippen LogP contribution in [0.5, 0.6) is 0 Å². The van der Waals surface area contributed by atoms with Gasteiger partial charge in [0.05, 0.1) is 16.8 Å². The summed E-state index contributed by atoms with van der Waals surface area (Å²) in [5, 5.41) is 22.5. The standard InChI is InChI=1S/C34H37ClN8O3/c1-32(2,3)19-34(23-11-8-21(9-12-23)26-7-5-6-16-37-26)29(44)43(30(36)40-34)27(18-46-31(45)41-33(4)14-15-33)22-10-13-25(35)24(17-22)28-38-20-39-42-28/h5-13,16-17,20,27H,14-15,18-19H2,1-4H3,(H2,36,40)(H,41,45)(H,38,39,42)/t27-,34-/m1/s1. The van der Waals surface area contributed by atoms with Gasteiger partial charge in [0.25, 0.3) is 5.91 Å². The third kappa shape index (κ3) is 6.32. The van der Waals surface area contributed by atoms with Gasteiger partial charge < -0.3 is 15.4 Å². The van der Waals surface area contributed by atoms with E-state index in [-0.39, 0.29) is 29.4 Å². The van der Waals surface area contributed by atoms with Crippen molar-refractivity contribution >= 4 is 29.6 Å². The van der Waals surface area contributed by atoms with E-state index < -0.39 is 17.7 Å². The van der Waals surface area contributed by atoms with Gasteiger partial charge in [-0.05, 0) is 67.0 Å². The number of H-pyrrole nitrogens is 1. The summed E-state index contributed by atoms with van der Waals surface area (Å²) in [5.41, 5.74) is 1.79. The minimum atomic E-state index is -1.25. The van der Waals surface area contributed by atoms with E-state index in [1.807, 2.05) is 49.4 Å². The Labute approximate surface area is 272 Å². The second-order valence-electron chi connectivity index (χ2n) is 13.5. The number of halogens is 1. The number of carbonyl (C=O) groups is 2. The quantitative estimate of drug-likeness (QED) is 0.170. The lowest BCUT2D eigenvalue weighted by molar-refractivity contribution is -0.134. The molecule has 1 saturated heterocycles. The molecule has 2 aliphatic rings. The monoisotopic (exact) mass is 640 g/mol. The molecule has 6 rings (SSSR count). The minimum absolute atomic E-state index is 0.0950. The number of alkyl carbamates (subject to hydrolysis) is 1.